The van der Waals surface area contributed by atoms with E-state index in [1.165, 1.54) is 48.5 Å². The van der Waals surface area contributed by atoms with Crippen molar-refractivity contribution in [1.82, 2.24) is 5.32 Å². The zero-order valence-electron chi connectivity index (χ0n) is 25.0. The lowest BCUT2D eigenvalue weighted by molar-refractivity contribution is -0.384. The van der Waals surface area contributed by atoms with E-state index in [0.717, 1.165) is 11.8 Å². The lowest BCUT2D eigenvalue weighted by Crippen LogP contribution is -2.27. The molecule has 3 aromatic rings. The Hall–Kier alpha value is -5.21. The summed E-state index contributed by atoms with van der Waals surface area (Å²) in [6, 6.07) is 15.3. The fourth-order valence-corrected chi connectivity index (χ4v) is 5.23. The second-order valence-electron chi connectivity index (χ2n) is 10.3. The largest absolute Gasteiger partial charge is 0.506 e. The predicted octanol–water partition coefficient (Wildman–Crippen LogP) is 6.06. The summed E-state index contributed by atoms with van der Waals surface area (Å²) in [6.07, 6.45) is 0. The van der Waals surface area contributed by atoms with Gasteiger partial charge in [0.2, 0.25) is 5.43 Å². The van der Waals surface area contributed by atoms with Gasteiger partial charge in [0.1, 0.15) is 17.1 Å². The molecule has 0 spiro atoms. The number of hydrogen-bond acceptors (Lipinski definition) is 10. The van der Waals surface area contributed by atoms with Crippen LogP contribution in [0, 0.1) is 10.1 Å². The first-order chi connectivity index (χ1) is 23.0. The number of benzene rings is 4. The zero-order valence-corrected chi connectivity index (χ0v) is 26.5. The highest BCUT2D eigenvalue weighted by Crippen LogP contribution is 2.44. The Morgan fingerprint density at radius 2 is 1.58 bits per heavy atom. The molecule has 1 heterocycles. The molecular formula is C33H27Cl2N3O10. The number of rotatable bonds is 14. The molecule has 0 saturated carbocycles. The maximum absolute atomic E-state index is 13.1. The number of aromatic hydroxyl groups is 1. The van der Waals surface area contributed by atoms with Crippen LogP contribution in [-0.2, 0) is 9.47 Å². The van der Waals surface area contributed by atoms with E-state index < -0.39 is 22.2 Å². The number of fused-ring (bicyclic) bond motifs is 2. The van der Waals surface area contributed by atoms with Gasteiger partial charge in [0.05, 0.1) is 47.0 Å². The van der Waals surface area contributed by atoms with E-state index in [2.05, 4.69) is 10.6 Å². The van der Waals surface area contributed by atoms with E-state index in [0.29, 0.717) is 30.7 Å². The van der Waals surface area contributed by atoms with Crippen LogP contribution in [0.3, 0.4) is 0 Å². The third-order valence-electron chi connectivity index (χ3n) is 7.18. The Morgan fingerprint density at radius 3 is 2.27 bits per heavy atom. The van der Waals surface area contributed by atoms with Gasteiger partial charge in [-0.15, -0.1) is 0 Å². The first kappa shape index (κ1) is 34.1. The summed E-state index contributed by atoms with van der Waals surface area (Å²) in [5.74, 6) is -1.96. The molecule has 248 valence electrons. The van der Waals surface area contributed by atoms with Crippen molar-refractivity contribution in [3.63, 3.8) is 0 Å². The molecular weight excluding hydrogens is 669 g/mol. The van der Waals surface area contributed by atoms with Crippen LogP contribution in [0.5, 0.6) is 5.75 Å². The van der Waals surface area contributed by atoms with Crippen molar-refractivity contribution >= 4 is 57.4 Å². The zero-order chi connectivity index (χ0) is 34.4. The van der Waals surface area contributed by atoms with Crippen molar-refractivity contribution in [2.45, 2.75) is 0 Å². The predicted molar refractivity (Wildman–Crippen MR) is 179 cm³/mol. The molecule has 15 heteroatoms. The molecule has 2 aliphatic rings. The van der Waals surface area contributed by atoms with Gasteiger partial charge in [-0.2, -0.15) is 0 Å². The summed E-state index contributed by atoms with van der Waals surface area (Å²) in [5.41, 5.74) is 1.07. The molecule has 0 aromatic heterocycles. The molecule has 0 unspecified atom stereocenters. The molecule has 5 rings (SSSR count). The monoisotopic (exact) mass is 695 g/mol. The third-order valence-corrected chi connectivity index (χ3v) is 7.78. The maximum Gasteiger partial charge on any atom is 0.336 e. The van der Waals surface area contributed by atoms with Gasteiger partial charge < -0.3 is 34.7 Å². The number of phenolic OH excluding ortho intramolecular Hbond substituents is 1. The quantitative estimate of drug-likeness (QED) is 0.0457. The molecule has 4 N–H and O–H groups in total. The fraction of sp³-hybridized carbons (Fsp3) is 0.182. The van der Waals surface area contributed by atoms with E-state index in [-0.39, 0.29) is 74.8 Å². The van der Waals surface area contributed by atoms with Gasteiger partial charge in [-0.1, -0.05) is 23.2 Å². The van der Waals surface area contributed by atoms with E-state index >= 15 is 0 Å². The lowest BCUT2D eigenvalue weighted by atomic mass is 9.89. The summed E-state index contributed by atoms with van der Waals surface area (Å²) in [6.45, 7) is 1.79. The minimum absolute atomic E-state index is 0.0111. The van der Waals surface area contributed by atoms with Gasteiger partial charge in [0.25, 0.3) is 11.6 Å². The van der Waals surface area contributed by atoms with Crippen LogP contribution in [0.2, 0.25) is 10.0 Å². The number of carbonyl (C=O) groups is 2. The van der Waals surface area contributed by atoms with Crippen molar-refractivity contribution in [3.05, 3.63) is 108 Å². The molecule has 1 amide bonds. The summed E-state index contributed by atoms with van der Waals surface area (Å²) in [5, 5.41) is 37.0. The summed E-state index contributed by atoms with van der Waals surface area (Å²) in [7, 11) is 0. The molecule has 0 fully saturated rings. The number of anilines is 1. The minimum Gasteiger partial charge on any atom is -0.506 e. The number of ether oxygens (including phenoxy) is 2. The molecule has 1 aliphatic carbocycles. The second kappa shape index (κ2) is 15.1. The normalized spacial score (nSPS) is 11.1. The van der Waals surface area contributed by atoms with Crippen LogP contribution in [0.25, 0.3) is 33.4 Å². The highest BCUT2D eigenvalue weighted by atomic mass is 35.5. The summed E-state index contributed by atoms with van der Waals surface area (Å²) in [4.78, 5) is 48.0. The summed E-state index contributed by atoms with van der Waals surface area (Å²) < 4.78 is 16.9. The number of hydrogen-bond donors (Lipinski definition) is 4. The van der Waals surface area contributed by atoms with Gasteiger partial charge in [-0.05, 0) is 48.0 Å². The van der Waals surface area contributed by atoms with E-state index in [9.17, 15) is 34.7 Å². The van der Waals surface area contributed by atoms with Crippen LogP contribution >= 0.6 is 23.2 Å². The molecule has 0 radical (unpaired) electrons. The van der Waals surface area contributed by atoms with Crippen molar-refractivity contribution in [2.24, 2.45) is 0 Å². The third kappa shape index (κ3) is 7.83. The Bertz CT molecular complexity index is 2030. The average Bonchev–Trinajstić information content (AvgIpc) is 3.06. The van der Waals surface area contributed by atoms with Crippen molar-refractivity contribution < 1.29 is 38.6 Å². The van der Waals surface area contributed by atoms with Crippen molar-refractivity contribution in [1.29, 1.82) is 0 Å². The fourth-order valence-electron chi connectivity index (χ4n) is 4.90. The van der Waals surface area contributed by atoms with Crippen LogP contribution in [0.4, 0.5) is 11.4 Å². The number of carboxylic acids is 1. The number of aromatic carboxylic acids is 1. The maximum atomic E-state index is 13.1. The van der Waals surface area contributed by atoms with E-state index in [1.807, 2.05) is 0 Å². The van der Waals surface area contributed by atoms with E-state index in [1.54, 1.807) is 12.1 Å². The Kier molecular flexibility index (Phi) is 10.8. The topological polar surface area (TPSA) is 190 Å². The standard InChI is InChI=1S/C33H27Cl2N3O10/c34-25-14-23-29(16-27(25)39)48-30-17-28(40)26(35)15-24(30)31(23)22-13-18(1-6-21(22)33(42)43)32(41)37-8-10-47-12-11-46-9-7-36-19-2-4-20(5-3-19)38(44)45/h1-6,13-17,36,39H,7-12H2,(H,37,41)(H,42,43). The Labute approximate surface area is 282 Å². The number of nitrogens with zero attached hydrogens (tertiary/aromatic N) is 1. The molecule has 3 aromatic carbocycles. The first-order valence-electron chi connectivity index (χ1n) is 14.4. The van der Waals surface area contributed by atoms with Crippen LogP contribution in [-0.4, -0.2) is 66.5 Å². The van der Waals surface area contributed by atoms with Gasteiger partial charge in [0, 0.05) is 65.1 Å². The second-order valence-corrected chi connectivity index (χ2v) is 11.1. The molecule has 48 heavy (non-hydrogen) atoms. The van der Waals surface area contributed by atoms with Crippen molar-refractivity contribution in [2.75, 3.05) is 44.8 Å². The van der Waals surface area contributed by atoms with E-state index in [4.69, 9.17) is 37.1 Å². The number of carbonyl (C=O) groups excluding carboxylic acids is 1. The molecule has 0 bridgehead atoms. The number of nitro benzene ring substituents is 1. The van der Waals surface area contributed by atoms with Gasteiger partial charge in [-0.3, -0.25) is 19.7 Å². The van der Waals surface area contributed by atoms with Crippen LogP contribution in [0.15, 0.2) is 75.9 Å². The number of halogens is 2. The molecule has 1 aliphatic heterocycles. The lowest BCUT2D eigenvalue weighted by Gasteiger charge is -2.18. The SMILES string of the molecule is O=C(NCCOCCOCCNc1ccc([N+](=O)[O-])cc1)c1ccc(C(=O)O)c(-c2c3cc(Cl)c(=O)cc-3oc3cc(O)c(Cl)cc23)c1. The average molecular weight is 696 g/mol. The smallest absolute Gasteiger partial charge is 0.336 e. The first-order valence-corrected chi connectivity index (χ1v) is 15.2. The minimum atomic E-state index is -1.27. The number of non-ortho nitro benzene ring substituents is 1. The van der Waals surface area contributed by atoms with Gasteiger partial charge in [0.15, 0.2) is 0 Å². The summed E-state index contributed by atoms with van der Waals surface area (Å²) >= 11 is 12.4. The van der Waals surface area contributed by atoms with Crippen LogP contribution < -0.4 is 16.1 Å². The number of carboxylic acid groups (broad SMARTS) is 1. The van der Waals surface area contributed by atoms with Crippen LogP contribution in [0.1, 0.15) is 20.7 Å². The van der Waals surface area contributed by atoms with Gasteiger partial charge in [-0.25, -0.2) is 4.79 Å². The highest BCUT2D eigenvalue weighted by molar-refractivity contribution is 6.33. The van der Waals surface area contributed by atoms with Gasteiger partial charge >= 0.3 is 5.97 Å². The number of phenols is 1. The molecule has 0 saturated heterocycles. The Morgan fingerprint density at radius 1 is 0.875 bits per heavy atom. The number of amides is 1. The number of nitrogens with one attached hydrogen (secondary N) is 2. The Balaban J connectivity index is 1.22. The van der Waals surface area contributed by atoms with Crippen molar-refractivity contribution in [3.8, 4) is 28.2 Å². The highest BCUT2D eigenvalue weighted by Gasteiger charge is 2.25. The molecule has 13 nitrogen and oxygen atoms in total. The molecule has 0 atom stereocenters. The number of nitro groups is 1.